The van der Waals surface area contributed by atoms with E-state index in [1.165, 1.54) is 6.92 Å². The van der Waals surface area contributed by atoms with Gasteiger partial charge in [-0.05, 0) is 34.0 Å². The molecule has 2 unspecified atom stereocenters. The highest BCUT2D eigenvalue weighted by molar-refractivity contribution is 7.16. The number of rotatable bonds is 11. The second-order valence-corrected chi connectivity index (χ2v) is 17.3. The third-order valence-corrected chi connectivity index (χ3v) is 13.2. The Morgan fingerprint density at radius 2 is 1.14 bits per heavy atom. The second kappa shape index (κ2) is 18.3. The zero-order valence-corrected chi connectivity index (χ0v) is 37.2. The number of phenols is 1. The number of nitrogens with zero attached hydrogens (tertiary/aromatic N) is 2. The number of amides is 2. The van der Waals surface area contributed by atoms with E-state index in [1.807, 2.05) is 36.4 Å². The predicted molar refractivity (Wildman–Crippen MR) is 237 cm³/mol. The minimum Gasteiger partial charge on any atom is -0.507 e. The Hall–Kier alpha value is -5.94. The maximum Gasteiger partial charge on any atom is 0.303 e. The highest BCUT2D eigenvalue weighted by atomic mass is 35.5. The molecular weight excluding hydrogens is 891 g/mol. The molecule has 1 aromatic heterocycles. The third-order valence-electron chi connectivity index (χ3n) is 11.4. The summed E-state index contributed by atoms with van der Waals surface area (Å²) in [6, 6.07) is 21.1. The van der Waals surface area contributed by atoms with Gasteiger partial charge in [-0.2, -0.15) is 0 Å². The number of carbonyl (C=O) groups is 6. The van der Waals surface area contributed by atoms with Crippen molar-refractivity contribution < 1.29 is 62.3 Å². The third kappa shape index (κ3) is 8.42. The van der Waals surface area contributed by atoms with Crippen LogP contribution in [0.25, 0.3) is 21.5 Å². The van der Waals surface area contributed by atoms with Crippen molar-refractivity contribution in [1.29, 1.82) is 0 Å². The number of phenolic OH excluding ortho intramolecular Hbond substituents is 1. The fraction of sp³-hybridized carbons (Fsp3) is 0.348. The zero-order chi connectivity index (χ0) is 45.6. The molecule has 1 fully saturated rings. The summed E-state index contributed by atoms with van der Waals surface area (Å²) in [5, 5.41) is 13.7. The van der Waals surface area contributed by atoms with Gasteiger partial charge in [-0.3, -0.25) is 28.8 Å². The normalized spacial score (nSPS) is 22.4. The molecule has 0 bridgehead atoms. The van der Waals surface area contributed by atoms with Crippen LogP contribution in [0.2, 0.25) is 0 Å². The number of aromatic hydroxyl groups is 1. The first-order chi connectivity index (χ1) is 30.7. The Morgan fingerprint density at radius 1 is 0.656 bits per heavy atom. The number of fused-ring (bicyclic) bond motifs is 6. The molecule has 3 aliphatic rings. The summed E-state index contributed by atoms with van der Waals surface area (Å²) in [6.07, 6.45) is -7.18. The van der Waals surface area contributed by atoms with Gasteiger partial charge in [0.1, 0.15) is 24.2 Å². The van der Waals surface area contributed by atoms with Crippen LogP contribution in [0.4, 0.5) is 11.4 Å². The number of hydrogen-bond acceptors (Lipinski definition) is 14. The smallest absolute Gasteiger partial charge is 0.303 e. The van der Waals surface area contributed by atoms with E-state index in [0.29, 0.717) is 39.0 Å². The van der Waals surface area contributed by atoms with Crippen LogP contribution in [0, 0.1) is 0 Å². The summed E-state index contributed by atoms with van der Waals surface area (Å²) in [7, 11) is 0. The van der Waals surface area contributed by atoms with E-state index < -0.39 is 67.1 Å². The number of halogens is 2. The van der Waals surface area contributed by atoms with Gasteiger partial charge in [0.2, 0.25) is 12.4 Å². The average Bonchev–Trinajstić information content (AvgIpc) is 4.00. The van der Waals surface area contributed by atoms with Gasteiger partial charge >= 0.3 is 23.9 Å². The van der Waals surface area contributed by atoms with Gasteiger partial charge in [-0.15, -0.1) is 34.5 Å². The number of anilines is 2. The SMILES string of the molecule is CC(=O)OCC1O[C@@H](Oc2cc3c(c4ccccc24)[C@H](CCl)CN3C(=O)c2ccc(C(=O)N3C[C@@H](CCl)c4c3cc(O)c3ccccc43)s2)[C@@H](OC(C)=O)C(OC(C)=O)[C@H]1OC(C)=O. The van der Waals surface area contributed by atoms with Crippen LogP contribution in [0.5, 0.6) is 11.5 Å². The molecule has 1 N–H and O–H groups in total. The number of hydrogen-bond donors (Lipinski definition) is 1. The maximum absolute atomic E-state index is 14.6. The number of esters is 4. The Morgan fingerprint density at radius 3 is 1.67 bits per heavy atom. The van der Waals surface area contributed by atoms with Gasteiger partial charge < -0.3 is 43.3 Å². The minimum atomic E-state index is -1.55. The van der Waals surface area contributed by atoms with E-state index in [0.717, 1.165) is 48.6 Å². The molecule has 64 heavy (non-hydrogen) atoms. The van der Waals surface area contributed by atoms with Crippen LogP contribution in [0.3, 0.4) is 0 Å². The van der Waals surface area contributed by atoms with Gasteiger partial charge in [0, 0.05) is 87.3 Å². The largest absolute Gasteiger partial charge is 0.507 e. The lowest BCUT2D eigenvalue weighted by molar-refractivity contribution is -0.288. The monoisotopic (exact) mass is 932 g/mol. The highest BCUT2D eigenvalue weighted by Gasteiger charge is 2.54. The molecular formula is C46H42Cl2N2O13S. The summed E-state index contributed by atoms with van der Waals surface area (Å²) in [5.74, 6) is -3.68. The molecule has 2 amide bonds. The van der Waals surface area contributed by atoms with Crippen molar-refractivity contribution in [2.75, 3.05) is 41.3 Å². The topological polar surface area (TPSA) is 185 Å². The van der Waals surface area contributed by atoms with Crippen LogP contribution in [0.1, 0.15) is 70.0 Å². The first-order valence-corrected chi connectivity index (χ1v) is 22.2. The molecule has 15 nitrogen and oxygen atoms in total. The first kappa shape index (κ1) is 44.7. The summed E-state index contributed by atoms with van der Waals surface area (Å²) in [6.45, 7) is 4.58. The van der Waals surface area contributed by atoms with E-state index in [2.05, 4.69) is 0 Å². The quantitative estimate of drug-likeness (QED) is 0.0799. The summed E-state index contributed by atoms with van der Waals surface area (Å²) < 4.78 is 34.8. The molecule has 0 spiro atoms. The van der Waals surface area contributed by atoms with E-state index in [-0.39, 0.29) is 52.4 Å². The van der Waals surface area contributed by atoms with Crippen molar-refractivity contribution in [3.63, 3.8) is 0 Å². The summed E-state index contributed by atoms with van der Waals surface area (Å²) in [5.41, 5.74) is 2.66. The summed E-state index contributed by atoms with van der Waals surface area (Å²) >= 11 is 14.1. The number of thiophene rings is 1. The minimum absolute atomic E-state index is 0.0380. The molecule has 4 heterocycles. The van der Waals surface area contributed by atoms with Gasteiger partial charge in [0.15, 0.2) is 12.2 Å². The lowest BCUT2D eigenvalue weighted by atomic mass is 9.95. The Kier molecular flexibility index (Phi) is 12.8. The van der Waals surface area contributed by atoms with E-state index in [4.69, 9.17) is 51.6 Å². The molecule has 7 atom stereocenters. The number of alkyl halides is 2. The fourth-order valence-electron chi connectivity index (χ4n) is 8.82. The van der Waals surface area contributed by atoms with Crippen LogP contribution < -0.4 is 14.5 Å². The molecule has 0 saturated carbocycles. The van der Waals surface area contributed by atoms with E-state index >= 15 is 0 Å². The van der Waals surface area contributed by atoms with Crippen molar-refractivity contribution in [1.82, 2.24) is 0 Å². The lowest BCUT2D eigenvalue weighted by Gasteiger charge is -2.44. The zero-order valence-electron chi connectivity index (χ0n) is 34.9. The number of carbonyl (C=O) groups excluding carboxylic acids is 6. The standard InChI is InChI=1S/C46H42Cl2N2O13S/c1-22(51)58-21-36-41(59-23(2)52)42(60-24(3)53)43(61-25(4)54)46(63-36)62-35-16-33-40(31-12-8-6-10-29(31)35)27(18-48)20-50(33)45(57)38-14-13-37(64-38)44(56)49-19-26(17-47)39-30-11-7-5-9-28(30)34(55)15-32(39)49/h5-16,26-27,36,41-43,46,55H,17-21H2,1-4H3/t26-,27-,36?,41+,42?,43+,46-/m1/s1. The molecule has 0 radical (unpaired) electrons. The van der Waals surface area contributed by atoms with Crippen LogP contribution in [0.15, 0.2) is 72.8 Å². The maximum atomic E-state index is 14.6. The second-order valence-electron chi connectivity index (χ2n) is 15.6. The molecule has 334 valence electrons. The molecule has 18 heteroatoms. The van der Waals surface area contributed by atoms with Crippen LogP contribution in [-0.4, -0.2) is 103 Å². The highest BCUT2D eigenvalue weighted by Crippen LogP contribution is 2.48. The Bertz CT molecular complexity index is 2710. The average molecular weight is 934 g/mol. The van der Waals surface area contributed by atoms with E-state index in [1.54, 1.807) is 46.2 Å². The fourth-order valence-corrected chi connectivity index (χ4v) is 10.2. The number of benzene rings is 4. The number of ether oxygens (including phenoxy) is 6. The predicted octanol–water partition coefficient (Wildman–Crippen LogP) is 7.19. The molecule has 1 saturated heterocycles. The van der Waals surface area contributed by atoms with Crippen molar-refractivity contribution >= 4 is 103 Å². The van der Waals surface area contributed by atoms with Crippen molar-refractivity contribution in [3.8, 4) is 11.5 Å². The van der Waals surface area contributed by atoms with Crippen LogP contribution in [-0.2, 0) is 42.9 Å². The summed E-state index contributed by atoms with van der Waals surface area (Å²) in [4.78, 5) is 81.9. The first-order valence-electron chi connectivity index (χ1n) is 20.3. The Labute approximate surface area is 380 Å². The Balaban J connectivity index is 1.14. The van der Waals surface area contributed by atoms with Crippen molar-refractivity contribution in [2.45, 2.75) is 70.2 Å². The van der Waals surface area contributed by atoms with Crippen LogP contribution >= 0.6 is 34.5 Å². The molecule has 0 aliphatic carbocycles. The lowest BCUT2D eigenvalue weighted by Crippen LogP contribution is -2.63. The van der Waals surface area contributed by atoms with Crippen molar-refractivity contribution in [3.05, 3.63) is 93.7 Å². The molecule has 8 rings (SSSR count). The van der Waals surface area contributed by atoms with Gasteiger partial charge in [-0.25, -0.2) is 0 Å². The van der Waals surface area contributed by atoms with Gasteiger partial charge in [0.25, 0.3) is 11.8 Å². The van der Waals surface area contributed by atoms with Gasteiger partial charge in [-0.1, -0.05) is 48.5 Å². The van der Waals surface area contributed by atoms with E-state index in [9.17, 15) is 33.9 Å². The molecule has 5 aromatic rings. The van der Waals surface area contributed by atoms with Gasteiger partial charge in [0.05, 0.1) is 21.1 Å². The molecule has 4 aromatic carbocycles. The van der Waals surface area contributed by atoms with Crippen molar-refractivity contribution in [2.24, 2.45) is 0 Å². The molecule has 3 aliphatic heterocycles.